The second kappa shape index (κ2) is 8.05. The second-order valence-electron chi connectivity index (χ2n) is 5.82. The van der Waals surface area contributed by atoms with E-state index in [-0.39, 0.29) is 25.5 Å². The van der Waals surface area contributed by atoms with E-state index in [9.17, 15) is 18.4 Å². The van der Waals surface area contributed by atoms with Crippen LogP contribution in [0.25, 0.3) is 0 Å². The summed E-state index contributed by atoms with van der Waals surface area (Å²) in [4.78, 5) is 23.8. The number of carbonyl (C=O) groups is 2. The molecule has 7 heteroatoms. The molecule has 2 aromatic rings. The zero-order valence-electron chi connectivity index (χ0n) is 13.8. The average Bonchev–Trinajstić information content (AvgIpc) is 2.66. The number of rotatable bonds is 5. The molecule has 2 atom stereocenters. The molecule has 1 aliphatic heterocycles. The molecule has 26 heavy (non-hydrogen) atoms. The molecule has 0 aliphatic carbocycles. The van der Waals surface area contributed by atoms with Crippen LogP contribution in [-0.2, 0) is 14.3 Å². The van der Waals surface area contributed by atoms with Crippen molar-refractivity contribution in [2.24, 2.45) is 0 Å². The van der Waals surface area contributed by atoms with Gasteiger partial charge in [0.05, 0.1) is 12.2 Å². The summed E-state index contributed by atoms with van der Waals surface area (Å²) >= 11 is 0. The van der Waals surface area contributed by atoms with Gasteiger partial charge < -0.3 is 14.8 Å². The summed E-state index contributed by atoms with van der Waals surface area (Å²) in [7, 11) is 0. The van der Waals surface area contributed by atoms with E-state index >= 15 is 0 Å². The molecule has 1 aliphatic rings. The Kier molecular flexibility index (Phi) is 5.58. The molecule has 136 valence electrons. The lowest BCUT2D eigenvalue weighted by atomic mass is 10.1. The maximum Gasteiger partial charge on any atom is 0.338 e. The molecular formula is C19H17F2NO4. The summed E-state index contributed by atoms with van der Waals surface area (Å²) in [6.07, 6.45) is -1.28. The third-order valence-corrected chi connectivity index (χ3v) is 4.02. The number of carbonyl (C=O) groups excluding carboxylic acids is 2. The van der Waals surface area contributed by atoms with Gasteiger partial charge in [0.15, 0.2) is 11.6 Å². The normalized spacial score (nSPS) is 19.7. The lowest BCUT2D eigenvalue weighted by molar-refractivity contribution is -0.146. The maximum atomic E-state index is 13.4. The Balaban J connectivity index is 1.56. The van der Waals surface area contributed by atoms with Gasteiger partial charge >= 0.3 is 5.97 Å². The van der Waals surface area contributed by atoms with Crippen LogP contribution < -0.4 is 5.32 Å². The van der Waals surface area contributed by atoms with E-state index in [0.717, 1.165) is 12.1 Å². The fraction of sp³-hybridized carbons (Fsp3) is 0.263. The summed E-state index contributed by atoms with van der Waals surface area (Å²) in [5.41, 5.74) is 0.844. The summed E-state index contributed by atoms with van der Waals surface area (Å²) in [5.74, 6) is -2.74. The third-order valence-electron chi connectivity index (χ3n) is 4.02. The van der Waals surface area contributed by atoms with Crippen molar-refractivity contribution in [2.45, 2.75) is 18.6 Å². The minimum absolute atomic E-state index is 0.00366. The van der Waals surface area contributed by atoms with Gasteiger partial charge in [-0.3, -0.25) is 4.79 Å². The highest BCUT2D eigenvalue weighted by atomic mass is 19.2. The Hall–Kier alpha value is -2.80. The van der Waals surface area contributed by atoms with Gasteiger partial charge in [-0.15, -0.1) is 0 Å². The highest BCUT2D eigenvalue weighted by molar-refractivity contribution is 5.89. The van der Waals surface area contributed by atoms with Crippen LogP contribution in [0, 0.1) is 11.6 Å². The van der Waals surface area contributed by atoms with Crippen LogP contribution in [0.5, 0.6) is 0 Å². The standard InChI is InChI=1S/C19H17F2NO4/c20-14-7-6-13(10-15(14)21)17-11-22-18(23)16(26-17)8-9-25-19(24)12-4-2-1-3-5-12/h1-7,10,16-17H,8-9,11H2,(H,22,23). The summed E-state index contributed by atoms with van der Waals surface area (Å²) in [5, 5.41) is 2.66. The molecule has 1 saturated heterocycles. The molecule has 0 aromatic heterocycles. The predicted octanol–water partition coefficient (Wildman–Crippen LogP) is 2.77. The Morgan fingerprint density at radius 1 is 1.15 bits per heavy atom. The minimum atomic E-state index is -0.976. The van der Waals surface area contributed by atoms with Gasteiger partial charge in [-0.1, -0.05) is 24.3 Å². The fourth-order valence-corrected chi connectivity index (χ4v) is 2.64. The smallest absolute Gasteiger partial charge is 0.338 e. The van der Waals surface area contributed by atoms with Gasteiger partial charge in [0.1, 0.15) is 12.2 Å². The number of esters is 1. The largest absolute Gasteiger partial charge is 0.462 e. The Labute approximate surface area is 148 Å². The number of morpholine rings is 1. The number of hydrogen-bond donors (Lipinski definition) is 1. The van der Waals surface area contributed by atoms with Crippen LogP contribution in [-0.4, -0.2) is 31.1 Å². The molecule has 1 N–H and O–H groups in total. The van der Waals surface area contributed by atoms with Crippen LogP contribution in [0.3, 0.4) is 0 Å². The molecule has 2 unspecified atom stereocenters. The molecule has 3 rings (SSSR count). The predicted molar refractivity (Wildman–Crippen MR) is 88.3 cm³/mol. The zero-order valence-corrected chi connectivity index (χ0v) is 13.8. The molecular weight excluding hydrogens is 344 g/mol. The van der Waals surface area contributed by atoms with Gasteiger partial charge in [-0.25, -0.2) is 13.6 Å². The Morgan fingerprint density at radius 3 is 2.65 bits per heavy atom. The monoisotopic (exact) mass is 361 g/mol. The van der Waals surface area contributed by atoms with Crippen molar-refractivity contribution in [3.05, 3.63) is 71.3 Å². The van der Waals surface area contributed by atoms with E-state index in [1.807, 2.05) is 0 Å². The number of amides is 1. The van der Waals surface area contributed by atoms with Crippen molar-refractivity contribution in [1.82, 2.24) is 5.32 Å². The van der Waals surface area contributed by atoms with E-state index < -0.39 is 29.8 Å². The number of nitrogens with one attached hydrogen (secondary N) is 1. The van der Waals surface area contributed by atoms with E-state index in [0.29, 0.717) is 11.1 Å². The minimum Gasteiger partial charge on any atom is -0.462 e. The lowest BCUT2D eigenvalue weighted by Crippen LogP contribution is -2.46. The van der Waals surface area contributed by atoms with Crippen LogP contribution >= 0.6 is 0 Å². The molecule has 0 spiro atoms. The van der Waals surface area contributed by atoms with Gasteiger partial charge in [-0.05, 0) is 29.8 Å². The first kappa shape index (κ1) is 18.0. The SMILES string of the molecule is O=C(OCCC1OC(c2ccc(F)c(F)c2)CNC1=O)c1ccccc1. The summed E-state index contributed by atoms with van der Waals surface area (Å²) < 4.78 is 37.3. The van der Waals surface area contributed by atoms with Gasteiger partial charge in [0.25, 0.3) is 0 Å². The fourth-order valence-electron chi connectivity index (χ4n) is 2.64. The Bertz CT molecular complexity index is 797. The molecule has 1 amide bonds. The average molecular weight is 361 g/mol. The van der Waals surface area contributed by atoms with Crippen molar-refractivity contribution in [3.63, 3.8) is 0 Å². The second-order valence-corrected chi connectivity index (χ2v) is 5.82. The first-order valence-electron chi connectivity index (χ1n) is 8.15. The molecule has 0 saturated carbocycles. The summed E-state index contributed by atoms with van der Waals surface area (Å²) in [6, 6.07) is 12.0. The first-order chi connectivity index (χ1) is 12.5. The molecule has 2 aromatic carbocycles. The van der Waals surface area contributed by atoms with E-state index in [1.165, 1.54) is 6.07 Å². The van der Waals surface area contributed by atoms with E-state index in [4.69, 9.17) is 9.47 Å². The van der Waals surface area contributed by atoms with Crippen molar-refractivity contribution in [2.75, 3.05) is 13.2 Å². The van der Waals surface area contributed by atoms with Crippen molar-refractivity contribution in [3.8, 4) is 0 Å². The topological polar surface area (TPSA) is 64.6 Å². The number of ether oxygens (including phenoxy) is 2. The first-order valence-corrected chi connectivity index (χ1v) is 8.15. The number of halogens is 2. The van der Waals surface area contributed by atoms with Crippen LogP contribution in [0.1, 0.15) is 28.4 Å². The van der Waals surface area contributed by atoms with E-state index in [1.54, 1.807) is 30.3 Å². The highest BCUT2D eigenvalue weighted by Gasteiger charge is 2.30. The van der Waals surface area contributed by atoms with Crippen LogP contribution in [0.15, 0.2) is 48.5 Å². The molecule has 1 heterocycles. The molecule has 1 fully saturated rings. The van der Waals surface area contributed by atoms with Crippen LogP contribution in [0.4, 0.5) is 8.78 Å². The molecule has 0 bridgehead atoms. The van der Waals surface area contributed by atoms with Gasteiger partial charge in [-0.2, -0.15) is 0 Å². The van der Waals surface area contributed by atoms with Crippen molar-refractivity contribution < 1.29 is 27.8 Å². The lowest BCUT2D eigenvalue weighted by Gasteiger charge is -2.30. The number of hydrogen-bond acceptors (Lipinski definition) is 4. The molecule has 0 radical (unpaired) electrons. The number of benzene rings is 2. The van der Waals surface area contributed by atoms with Crippen molar-refractivity contribution >= 4 is 11.9 Å². The maximum absolute atomic E-state index is 13.4. The van der Waals surface area contributed by atoms with Gasteiger partial charge in [0, 0.05) is 13.0 Å². The van der Waals surface area contributed by atoms with Gasteiger partial charge in [0.2, 0.25) is 5.91 Å². The van der Waals surface area contributed by atoms with Crippen LogP contribution in [0.2, 0.25) is 0 Å². The zero-order chi connectivity index (χ0) is 18.5. The summed E-state index contributed by atoms with van der Waals surface area (Å²) in [6.45, 7) is 0.153. The van der Waals surface area contributed by atoms with E-state index in [2.05, 4.69) is 5.32 Å². The highest BCUT2D eigenvalue weighted by Crippen LogP contribution is 2.24. The molecule has 5 nitrogen and oxygen atoms in total. The third kappa shape index (κ3) is 4.23. The van der Waals surface area contributed by atoms with Crippen molar-refractivity contribution in [1.29, 1.82) is 0 Å². The Morgan fingerprint density at radius 2 is 1.92 bits per heavy atom. The quantitative estimate of drug-likeness (QED) is 0.832.